The lowest BCUT2D eigenvalue weighted by molar-refractivity contribution is -0.0757. The number of halogens is 2. The van der Waals surface area contributed by atoms with E-state index in [4.69, 9.17) is 27.9 Å². The van der Waals surface area contributed by atoms with E-state index in [1.165, 1.54) is 15.8 Å². The van der Waals surface area contributed by atoms with E-state index in [1.807, 2.05) is 26.0 Å². The third-order valence-corrected chi connectivity index (χ3v) is 9.24. The van der Waals surface area contributed by atoms with Crippen LogP contribution in [0.2, 0.25) is 10.2 Å². The van der Waals surface area contributed by atoms with Gasteiger partial charge in [0.05, 0.1) is 42.3 Å². The Morgan fingerprint density at radius 2 is 1.71 bits per heavy atom. The number of benzene rings is 2. The first kappa shape index (κ1) is 31.1. The van der Waals surface area contributed by atoms with Crippen LogP contribution in [0, 0.1) is 0 Å². The van der Waals surface area contributed by atoms with Crippen molar-refractivity contribution in [2.75, 3.05) is 26.3 Å². The van der Waals surface area contributed by atoms with Gasteiger partial charge in [-0.25, -0.2) is 9.78 Å². The number of piperidine rings is 1. The van der Waals surface area contributed by atoms with Crippen LogP contribution >= 0.6 is 23.2 Å². The zero-order valence-electron chi connectivity index (χ0n) is 24.8. The number of hydrogen-bond donors (Lipinski definition) is 2. The fourth-order valence-corrected chi connectivity index (χ4v) is 6.70. The number of likely N-dealkylation sites (tertiary alicyclic amines) is 1. The molecule has 2 amide bonds. The summed E-state index contributed by atoms with van der Waals surface area (Å²) in [6.45, 7) is 4.92. The number of carbonyl (C=O) groups is 2. The lowest BCUT2D eigenvalue weighted by atomic mass is 9.91. The van der Waals surface area contributed by atoms with Gasteiger partial charge in [0.25, 0.3) is 11.5 Å². The smallest absolute Gasteiger partial charge is 0.408 e. The second-order valence-electron chi connectivity index (χ2n) is 12.3. The minimum Gasteiger partial charge on any atom is -0.465 e. The number of rotatable bonds is 5. The Morgan fingerprint density at radius 1 is 1.04 bits per heavy atom. The molecule has 0 saturated carbocycles. The van der Waals surface area contributed by atoms with Crippen molar-refractivity contribution in [2.45, 2.75) is 50.4 Å². The molecule has 11 nitrogen and oxygen atoms in total. The van der Waals surface area contributed by atoms with Gasteiger partial charge in [-0.2, -0.15) is 0 Å². The molecule has 236 valence electrons. The van der Waals surface area contributed by atoms with Gasteiger partial charge in [-0.15, -0.1) is 0 Å². The van der Waals surface area contributed by atoms with Gasteiger partial charge in [-0.1, -0.05) is 35.3 Å². The Balaban J connectivity index is 1.20. The van der Waals surface area contributed by atoms with Crippen LogP contribution < -0.4 is 5.56 Å². The van der Waals surface area contributed by atoms with Crippen LogP contribution in [0.4, 0.5) is 4.79 Å². The number of carbonyl (C=O) groups excluding carboxylic acids is 1. The van der Waals surface area contributed by atoms with Crippen LogP contribution in [0.25, 0.3) is 16.7 Å². The summed E-state index contributed by atoms with van der Waals surface area (Å²) >= 11 is 12.6. The number of morpholine rings is 1. The Kier molecular flexibility index (Phi) is 8.15. The minimum absolute atomic E-state index is 0.0229. The summed E-state index contributed by atoms with van der Waals surface area (Å²) in [5.74, 6) is -0.131. The van der Waals surface area contributed by atoms with E-state index in [0.717, 1.165) is 5.56 Å². The van der Waals surface area contributed by atoms with E-state index in [0.29, 0.717) is 59.8 Å². The summed E-state index contributed by atoms with van der Waals surface area (Å²) in [6, 6.07) is 15.0. The molecule has 2 aromatic heterocycles. The molecule has 2 aliphatic heterocycles. The molecule has 0 bridgehead atoms. The van der Waals surface area contributed by atoms with Crippen molar-refractivity contribution in [3.63, 3.8) is 0 Å². The van der Waals surface area contributed by atoms with E-state index in [9.17, 15) is 24.6 Å². The lowest BCUT2D eigenvalue weighted by Gasteiger charge is -2.45. The predicted molar refractivity (Wildman–Crippen MR) is 169 cm³/mol. The van der Waals surface area contributed by atoms with E-state index >= 15 is 0 Å². The van der Waals surface area contributed by atoms with Crippen molar-refractivity contribution in [1.82, 2.24) is 23.9 Å². The maximum Gasteiger partial charge on any atom is 0.408 e. The molecular weight excluding hydrogens is 621 g/mol. The maximum absolute atomic E-state index is 13.5. The van der Waals surface area contributed by atoms with Crippen molar-refractivity contribution in [3.05, 3.63) is 92.6 Å². The van der Waals surface area contributed by atoms with Gasteiger partial charge in [-0.05, 0) is 74.7 Å². The van der Waals surface area contributed by atoms with Crippen LogP contribution in [0.15, 0.2) is 65.7 Å². The first-order valence-electron chi connectivity index (χ1n) is 14.6. The molecular formula is C32H33Cl2N5O6. The standard InChI is InChI=1S/C32H33Cl2N5O6/c1-31(2)18-45-16-25(39(31)30(42)43)20-5-9-23(10-6-20)38-26(34)15-24-27(38)35-19-37(29(24)41)17-32(44)11-13-36(14-12-32)28(40)21-3-7-22(33)8-4-21/h3-10,15,19,25,44H,11-14,16-18H2,1-2H3,(H,42,43). The molecule has 4 heterocycles. The highest BCUT2D eigenvalue weighted by atomic mass is 35.5. The van der Waals surface area contributed by atoms with E-state index in [-0.39, 0.29) is 29.8 Å². The largest absolute Gasteiger partial charge is 0.465 e. The molecule has 2 N–H and O–H groups in total. The van der Waals surface area contributed by atoms with Crippen molar-refractivity contribution < 1.29 is 24.5 Å². The summed E-state index contributed by atoms with van der Waals surface area (Å²) < 4.78 is 8.75. The number of aliphatic hydroxyl groups is 1. The molecule has 2 fully saturated rings. The predicted octanol–water partition coefficient (Wildman–Crippen LogP) is 4.99. The molecule has 1 unspecified atom stereocenters. The van der Waals surface area contributed by atoms with Gasteiger partial charge in [0.1, 0.15) is 11.5 Å². The van der Waals surface area contributed by atoms with Crippen LogP contribution in [-0.4, -0.2) is 83.6 Å². The highest BCUT2D eigenvalue weighted by Crippen LogP contribution is 2.34. The van der Waals surface area contributed by atoms with Gasteiger partial charge in [-0.3, -0.25) is 23.6 Å². The monoisotopic (exact) mass is 653 g/mol. The minimum atomic E-state index is -1.20. The summed E-state index contributed by atoms with van der Waals surface area (Å²) in [5.41, 5.74) is 0.0856. The van der Waals surface area contributed by atoms with Crippen LogP contribution in [-0.2, 0) is 11.3 Å². The number of nitrogens with zero attached hydrogens (tertiary/aromatic N) is 5. The van der Waals surface area contributed by atoms with E-state index in [1.54, 1.807) is 51.9 Å². The Labute approximate surface area is 269 Å². The molecule has 4 aromatic rings. The molecule has 2 saturated heterocycles. The number of hydrogen-bond acceptors (Lipinski definition) is 6. The van der Waals surface area contributed by atoms with Gasteiger partial charge < -0.3 is 19.8 Å². The SMILES string of the molecule is CC1(C)COCC(c2ccc(-n3c(Cl)cc4c(=O)n(CC5(O)CCN(C(=O)c6ccc(Cl)cc6)CC5)cnc43)cc2)N1C(=O)O. The molecule has 2 aliphatic rings. The molecule has 2 aromatic carbocycles. The van der Waals surface area contributed by atoms with E-state index < -0.39 is 23.3 Å². The van der Waals surface area contributed by atoms with Gasteiger partial charge in [0.2, 0.25) is 0 Å². The average molecular weight is 655 g/mol. The molecule has 0 aliphatic carbocycles. The fraction of sp³-hybridized carbons (Fsp3) is 0.375. The van der Waals surface area contributed by atoms with Crippen LogP contribution in [0.1, 0.15) is 48.7 Å². The van der Waals surface area contributed by atoms with Crippen molar-refractivity contribution in [2.24, 2.45) is 0 Å². The number of amides is 2. The van der Waals surface area contributed by atoms with Crippen LogP contribution in [0.5, 0.6) is 0 Å². The summed E-state index contributed by atoms with van der Waals surface area (Å²) in [7, 11) is 0. The quantitative estimate of drug-likeness (QED) is 0.310. The Bertz CT molecular complexity index is 1810. The third kappa shape index (κ3) is 5.93. The molecule has 1 atom stereocenters. The Morgan fingerprint density at radius 3 is 2.36 bits per heavy atom. The number of carboxylic acid groups (broad SMARTS) is 1. The second-order valence-corrected chi connectivity index (χ2v) is 13.2. The van der Waals surface area contributed by atoms with Gasteiger partial charge in [0, 0.05) is 29.4 Å². The first-order valence-corrected chi connectivity index (χ1v) is 15.4. The molecule has 45 heavy (non-hydrogen) atoms. The van der Waals surface area contributed by atoms with Gasteiger partial charge in [0.15, 0.2) is 5.65 Å². The molecule has 0 radical (unpaired) electrons. The topological polar surface area (TPSA) is 130 Å². The third-order valence-electron chi connectivity index (χ3n) is 8.71. The second kappa shape index (κ2) is 11.8. The highest BCUT2D eigenvalue weighted by Gasteiger charge is 2.41. The van der Waals surface area contributed by atoms with Crippen molar-refractivity contribution in [3.8, 4) is 5.69 Å². The molecule has 0 spiro atoms. The van der Waals surface area contributed by atoms with Crippen LogP contribution in [0.3, 0.4) is 0 Å². The number of aromatic nitrogens is 3. The number of fused-ring (bicyclic) bond motifs is 1. The highest BCUT2D eigenvalue weighted by molar-refractivity contribution is 6.31. The normalized spacial score (nSPS) is 19.5. The molecule has 6 rings (SSSR count). The lowest BCUT2D eigenvalue weighted by Crippen LogP contribution is -2.56. The van der Waals surface area contributed by atoms with Crippen molar-refractivity contribution >= 4 is 46.2 Å². The molecule has 13 heteroatoms. The first-order chi connectivity index (χ1) is 21.4. The zero-order valence-corrected chi connectivity index (χ0v) is 26.3. The average Bonchev–Trinajstić information content (AvgIpc) is 3.34. The maximum atomic E-state index is 13.5. The van der Waals surface area contributed by atoms with Crippen molar-refractivity contribution in [1.29, 1.82) is 0 Å². The van der Waals surface area contributed by atoms with E-state index in [2.05, 4.69) is 4.98 Å². The fourth-order valence-electron chi connectivity index (χ4n) is 6.29. The Hall–Kier alpha value is -3.90. The zero-order chi connectivity index (χ0) is 32.1. The summed E-state index contributed by atoms with van der Waals surface area (Å²) in [4.78, 5) is 46.2. The van der Waals surface area contributed by atoms with Gasteiger partial charge >= 0.3 is 6.09 Å². The number of ether oxygens (including phenoxy) is 1. The summed E-state index contributed by atoms with van der Waals surface area (Å²) in [6.07, 6.45) is 0.987. The summed E-state index contributed by atoms with van der Waals surface area (Å²) in [5, 5.41) is 22.4.